The van der Waals surface area contributed by atoms with Crippen LogP contribution in [0.5, 0.6) is 5.75 Å². The van der Waals surface area contributed by atoms with E-state index in [1.165, 1.54) is 11.3 Å². The van der Waals surface area contributed by atoms with Gasteiger partial charge in [-0.1, -0.05) is 48.9 Å². The summed E-state index contributed by atoms with van der Waals surface area (Å²) in [6.45, 7) is 7.41. The summed E-state index contributed by atoms with van der Waals surface area (Å²) >= 11 is 7.79. The molecule has 3 rings (SSSR count). The monoisotopic (exact) mass is 417 g/mol. The van der Waals surface area contributed by atoms with Crippen molar-refractivity contribution < 1.29 is 9.53 Å². The maximum absolute atomic E-state index is 13.3. The van der Waals surface area contributed by atoms with Crippen molar-refractivity contribution in [3.05, 3.63) is 53.1 Å². The van der Waals surface area contributed by atoms with Crippen molar-refractivity contribution in [2.45, 2.75) is 13.8 Å². The summed E-state index contributed by atoms with van der Waals surface area (Å²) in [7, 11) is 1.63. The molecule has 5 nitrogen and oxygen atoms in total. The summed E-state index contributed by atoms with van der Waals surface area (Å²) in [5.41, 5.74) is 1.31. The molecule has 1 heterocycles. The number of likely N-dealkylation sites (N-methyl/N-ethyl adjacent to an activating group) is 1. The Morgan fingerprint density at radius 2 is 1.89 bits per heavy atom. The van der Waals surface area contributed by atoms with Crippen LogP contribution >= 0.6 is 22.9 Å². The van der Waals surface area contributed by atoms with Crippen molar-refractivity contribution in [3.8, 4) is 5.75 Å². The third-order valence-corrected chi connectivity index (χ3v) is 6.09. The molecule has 0 N–H and O–H groups in total. The normalized spacial score (nSPS) is 11.2. The highest BCUT2D eigenvalue weighted by Crippen LogP contribution is 2.32. The van der Waals surface area contributed by atoms with Crippen LogP contribution in [0, 0.1) is 0 Å². The van der Waals surface area contributed by atoms with Crippen LogP contribution in [0.15, 0.2) is 42.5 Å². The van der Waals surface area contributed by atoms with Gasteiger partial charge in [0.2, 0.25) is 0 Å². The molecule has 0 aliphatic heterocycles. The van der Waals surface area contributed by atoms with E-state index in [1.54, 1.807) is 24.1 Å². The summed E-state index contributed by atoms with van der Waals surface area (Å²) in [5.74, 6) is 0.611. The largest absolute Gasteiger partial charge is 0.497 e. The van der Waals surface area contributed by atoms with E-state index in [1.807, 2.05) is 30.3 Å². The Morgan fingerprint density at radius 3 is 2.57 bits per heavy atom. The molecule has 0 bridgehead atoms. The Balaban J connectivity index is 1.97. The zero-order valence-corrected chi connectivity index (χ0v) is 17.9. The molecule has 0 aliphatic rings. The number of thiazole rings is 1. The summed E-state index contributed by atoms with van der Waals surface area (Å²) < 4.78 is 6.30. The summed E-state index contributed by atoms with van der Waals surface area (Å²) in [6.07, 6.45) is 0. The van der Waals surface area contributed by atoms with Gasteiger partial charge in [-0.2, -0.15) is 0 Å². The molecule has 1 aromatic heterocycles. The second-order valence-electron chi connectivity index (χ2n) is 6.29. The third-order valence-electron chi connectivity index (χ3n) is 4.70. The molecular weight excluding hydrogens is 394 g/mol. The third kappa shape index (κ3) is 4.46. The van der Waals surface area contributed by atoms with Crippen LogP contribution < -0.4 is 9.64 Å². The van der Waals surface area contributed by atoms with Gasteiger partial charge in [0, 0.05) is 19.2 Å². The van der Waals surface area contributed by atoms with Gasteiger partial charge in [0.15, 0.2) is 5.13 Å². The molecule has 1 amide bonds. The number of ether oxygens (including phenoxy) is 1. The first-order valence-electron chi connectivity index (χ1n) is 9.30. The predicted octanol–water partition coefficient (Wildman–Crippen LogP) is 4.95. The number of rotatable bonds is 8. The lowest BCUT2D eigenvalue weighted by Gasteiger charge is -2.25. The zero-order valence-electron chi connectivity index (χ0n) is 16.3. The second kappa shape index (κ2) is 9.37. The number of hydrogen-bond acceptors (Lipinski definition) is 5. The molecule has 0 spiro atoms. The van der Waals surface area contributed by atoms with Gasteiger partial charge in [0.1, 0.15) is 5.75 Å². The minimum atomic E-state index is -0.135. The number of aromatic nitrogens is 1. The van der Waals surface area contributed by atoms with E-state index in [0.29, 0.717) is 22.3 Å². The number of hydrogen-bond donors (Lipinski definition) is 0. The van der Waals surface area contributed by atoms with Crippen molar-refractivity contribution in [2.75, 3.05) is 38.2 Å². The van der Waals surface area contributed by atoms with E-state index in [2.05, 4.69) is 18.7 Å². The first-order chi connectivity index (χ1) is 13.6. The number of nitrogens with zero attached hydrogens (tertiary/aromatic N) is 3. The number of halogens is 1. The molecule has 7 heteroatoms. The van der Waals surface area contributed by atoms with Gasteiger partial charge in [-0.3, -0.25) is 9.69 Å². The number of methoxy groups -OCH3 is 1. The number of fused-ring (bicyclic) bond motifs is 1. The molecule has 0 radical (unpaired) electrons. The first kappa shape index (κ1) is 20.6. The van der Waals surface area contributed by atoms with Crippen molar-refractivity contribution in [1.29, 1.82) is 0 Å². The minimum absolute atomic E-state index is 0.135. The predicted molar refractivity (Wildman–Crippen MR) is 117 cm³/mol. The Labute approximate surface area is 174 Å². The molecule has 28 heavy (non-hydrogen) atoms. The van der Waals surface area contributed by atoms with Gasteiger partial charge in [-0.05, 0) is 37.4 Å². The Morgan fingerprint density at radius 1 is 1.14 bits per heavy atom. The molecule has 0 unspecified atom stereocenters. The van der Waals surface area contributed by atoms with Gasteiger partial charge in [0.25, 0.3) is 5.91 Å². The van der Waals surface area contributed by atoms with Crippen molar-refractivity contribution >= 4 is 44.2 Å². The summed E-state index contributed by atoms with van der Waals surface area (Å²) in [6, 6.07) is 12.9. The Kier molecular flexibility index (Phi) is 6.88. The number of benzene rings is 2. The SMILES string of the molecule is CCN(CC)CCN(C(=O)c1ccccc1Cl)c1nc2cc(OC)ccc2s1. The molecule has 3 aromatic rings. The van der Waals surface area contributed by atoms with E-state index < -0.39 is 0 Å². The van der Waals surface area contributed by atoms with Crippen LogP contribution in [0.4, 0.5) is 5.13 Å². The van der Waals surface area contributed by atoms with Crippen LogP contribution in [-0.4, -0.2) is 49.1 Å². The molecule has 2 aromatic carbocycles. The highest BCUT2D eigenvalue weighted by Gasteiger charge is 2.23. The van der Waals surface area contributed by atoms with Crippen LogP contribution in [0.3, 0.4) is 0 Å². The van der Waals surface area contributed by atoms with E-state index in [-0.39, 0.29) is 5.91 Å². The lowest BCUT2D eigenvalue weighted by Crippen LogP contribution is -2.39. The number of carbonyl (C=O) groups is 1. The van der Waals surface area contributed by atoms with Crippen molar-refractivity contribution in [1.82, 2.24) is 9.88 Å². The van der Waals surface area contributed by atoms with E-state index in [4.69, 9.17) is 21.3 Å². The van der Waals surface area contributed by atoms with Gasteiger partial charge < -0.3 is 9.64 Å². The first-order valence-corrected chi connectivity index (χ1v) is 10.5. The maximum atomic E-state index is 13.3. The number of amides is 1. The van der Waals surface area contributed by atoms with Crippen LogP contribution in [0.1, 0.15) is 24.2 Å². The van der Waals surface area contributed by atoms with Crippen molar-refractivity contribution in [3.63, 3.8) is 0 Å². The molecule has 148 valence electrons. The summed E-state index contributed by atoms with van der Waals surface area (Å²) in [4.78, 5) is 22.0. The topological polar surface area (TPSA) is 45.7 Å². The molecule has 0 saturated carbocycles. The average molecular weight is 418 g/mol. The van der Waals surface area contributed by atoms with E-state index in [0.717, 1.165) is 35.6 Å². The van der Waals surface area contributed by atoms with Crippen LogP contribution in [0.2, 0.25) is 5.02 Å². The Bertz CT molecular complexity index is 956. The smallest absolute Gasteiger partial charge is 0.261 e. The number of carbonyl (C=O) groups excluding carboxylic acids is 1. The van der Waals surface area contributed by atoms with Gasteiger partial charge in [-0.25, -0.2) is 4.98 Å². The molecule has 0 atom stereocenters. The van der Waals surface area contributed by atoms with Gasteiger partial charge in [-0.15, -0.1) is 0 Å². The standard InChI is InChI=1S/C21H24ClN3O2S/c1-4-24(5-2)12-13-25(20(26)16-8-6-7-9-17(16)22)21-23-18-14-15(27-3)10-11-19(18)28-21/h6-11,14H,4-5,12-13H2,1-3H3. The molecule has 0 aliphatic carbocycles. The molecule has 0 saturated heterocycles. The van der Waals surface area contributed by atoms with Crippen LogP contribution in [-0.2, 0) is 0 Å². The fourth-order valence-electron chi connectivity index (χ4n) is 2.98. The fourth-order valence-corrected chi connectivity index (χ4v) is 4.17. The van der Waals surface area contributed by atoms with E-state index >= 15 is 0 Å². The average Bonchev–Trinajstić information content (AvgIpc) is 3.14. The Hall–Kier alpha value is -2.15. The number of anilines is 1. The van der Waals surface area contributed by atoms with Gasteiger partial charge >= 0.3 is 0 Å². The molecule has 0 fully saturated rings. The van der Waals surface area contributed by atoms with Crippen molar-refractivity contribution in [2.24, 2.45) is 0 Å². The lowest BCUT2D eigenvalue weighted by atomic mass is 10.2. The van der Waals surface area contributed by atoms with Crippen LogP contribution in [0.25, 0.3) is 10.2 Å². The zero-order chi connectivity index (χ0) is 20.1. The highest BCUT2D eigenvalue weighted by atomic mass is 35.5. The lowest BCUT2D eigenvalue weighted by molar-refractivity contribution is 0.0984. The molecular formula is C21H24ClN3O2S. The van der Waals surface area contributed by atoms with Gasteiger partial charge in [0.05, 0.1) is 27.9 Å². The highest BCUT2D eigenvalue weighted by molar-refractivity contribution is 7.22. The quantitative estimate of drug-likeness (QED) is 0.520. The summed E-state index contributed by atoms with van der Waals surface area (Å²) in [5, 5.41) is 1.11. The second-order valence-corrected chi connectivity index (χ2v) is 7.71. The maximum Gasteiger partial charge on any atom is 0.261 e. The minimum Gasteiger partial charge on any atom is -0.497 e. The fraction of sp³-hybridized carbons (Fsp3) is 0.333. The van der Waals surface area contributed by atoms with E-state index in [9.17, 15) is 4.79 Å².